The van der Waals surface area contributed by atoms with Gasteiger partial charge in [0.15, 0.2) is 5.84 Å². The number of nitrogens with two attached hydrogens (primary N) is 1. The van der Waals surface area contributed by atoms with Crippen molar-refractivity contribution in [3.8, 4) is 5.75 Å². The summed E-state index contributed by atoms with van der Waals surface area (Å²) in [6.45, 7) is 8.06. The highest BCUT2D eigenvalue weighted by Crippen LogP contribution is 2.17. The molecule has 2 rings (SSSR count). The number of hydrazone groups is 1. The van der Waals surface area contributed by atoms with Crippen molar-refractivity contribution in [1.82, 2.24) is 9.91 Å². The maximum Gasteiger partial charge on any atom is 0.343 e. The number of carboxylic acid groups (broad SMARTS) is 1. The van der Waals surface area contributed by atoms with Crippen LogP contribution in [0.2, 0.25) is 0 Å². The van der Waals surface area contributed by atoms with Crippen LogP contribution in [0.25, 0.3) is 6.08 Å². The van der Waals surface area contributed by atoms with Gasteiger partial charge < -0.3 is 30.0 Å². The quantitative estimate of drug-likeness (QED) is 0.0512. The number of rotatable bonds is 13. The second-order valence-corrected chi connectivity index (χ2v) is 8.86. The SMILES string of the molecule is C=CCN(C)C(=O)N(N=C(N)c1ccc(OC(=O)c2ccc(C=C(C)C(=O)O)cc2)cc1)C(C(=O)OCC)C(=O)OCC. The summed E-state index contributed by atoms with van der Waals surface area (Å²) in [5, 5.41) is 13.7. The molecule has 13 nitrogen and oxygen atoms in total. The summed E-state index contributed by atoms with van der Waals surface area (Å²) in [5.74, 6) is -3.88. The first-order valence-corrected chi connectivity index (χ1v) is 13.1. The molecule has 0 unspecified atom stereocenters. The van der Waals surface area contributed by atoms with Crippen LogP contribution in [0, 0.1) is 0 Å². The molecular weight excluding hydrogens is 560 g/mol. The van der Waals surface area contributed by atoms with E-state index in [2.05, 4.69) is 11.7 Å². The minimum absolute atomic E-state index is 0.0652. The number of esters is 3. The third kappa shape index (κ3) is 9.56. The Hall–Kier alpha value is -5.46. The number of benzene rings is 2. The van der Waals surface area contributed by atoms with Gasteiger partial charge in [0.1, 0.15) is 5.75 Å². The molecule has 0 spiro atoms. The molecule has 0 heterocycles. The van der Waals surface area contributed by atoms with Crippen molar-refractivity contribution in [3.05, 3.63) is 83.4 Å². The van der Waals surface area contributed by atoms with E-state index in [0.29, 0.717) is 10.6 Å². The molecule has 3 N–H and O–H groups in total. The van der Waals surface area contributed by atoms with Crippen LogP contribution < -0.4 is 10.5 Å². The molecule has 13 heteroatoms. The topological polar surface area (TPSA) is 178 Å². The van der Waals surface area contributed by atoms with Crippen LogP contribution in [0.3, 0.4) is 0 Å². The molecule has 0 aliphatic heterocycles. The number of urea groups is 1. The summed E-state index contributed by atoms with van der Waals surface area (Å²) in [7, 11) is 1.42. The summed E-state index contributed by atoms with van der Waals surface area (Å²) in [5.41, 5.74) is 7.43. The molecule has 0 fully saturated rings. The standard InChI is InChI=1S/C30H34N4O9/c1-6-17-33(5)30(40)34(24(28(38)41-7-2)29(39)42-8-3)32-25(31)21-13-15-23(16-14-21)43-27(37)22-11-9-20(10-12-22)18-19(4)26(35)36/h6,9-16,18,24H,1,7-8,17H2,2-5H3,(H2,31,32)(H,35,36). The van der Waals surface area contributed by atoms with Crippen molar-refractivity contribution in [2.45, 2.75) is 26.8 Å². The second-order valence-electron chi connectivity index (χ2n) is 8.86. The average Bonchev–Trinajstić information content (AvgIpc) is 2.97. The van der Waals surface area contributed by atoms with Gasteiger partial charge in [0, 0.05) is 24.7 Å². The monoisotopic (exact) mass is 594 g/mol. The van der Waals surface area contributed by atoms with Gasteiger partial charge >= 0.3 is 29.9 Å². The smallest absolute Gasteiger partial charge is 0.343 e. The van der Waals surface area contributed by atoms with E-state index >= 15 is 0 Å². The van der Waals surface area contributed by atoms with Crippen LogP contribution in [0.1, 0.15) is 42.3 Å². The predicted octanol–water partition coefficient (Wildman–Crippen LogP) is 3.05. The lowest BCUT2D eigenvalue weighted by Gasteiger charge is -2.28. The van der Waals surface area contributed by atoms with Crippen molar-refractivity contribution < 1.29 is 43.3 Å². The van der Waals surface area contributed by atoms with Crippen molar-refractivity contribution in [2.24, 2.45) is 10.8 Å². The third-order valence-corrected chi connectivity index (χ3v) is 5.63. The summed E-state index contributed by atoms with van der Waals surface area (Å²) >= 11 is 0. The van der Waals surface area contributed by atoms with E-state index in [-0.39, 0.29) is 48.0 Å². The predicted molar refractivity (Wildman–Crippen MR) is 157 cm³/mol. The van der Waals surface area contributed by atoms with Crippen molar-refractivity contribution in [2.75, 3.05) is 26.8 Å². The molecule has 2 aromatic carbocycles. The highest BCUT2D eigenvalue weighted by Gasteiger charge is 2.40. The molecule has 0 bridgehead atoms. The van der Waals surface area contributed by atoms with Gasteiger partial charge in [0.2, 0.25) is 0 Å². The van der Waals surface area contributed by atoms with Gasteiger partial charge in [-0.15, -0.1) is 11.7 Å². The average molecular weight is 595 g/mol. The van der Waals surface area contributed by atoms with E-state index in [1.54, 1.807) is 12.1 Å². The Morgan fingerprint density at radius 3 is 1.98 bits per heavy atom. The van der Waals surface area contributed by atoms with E-state index in [1.807, 2.05) is 0 Å². The number of carbonyl (C=O) groups is 5. The summed E-state index contributed by atoms with van der Waals surface area (Å²) in [6.07, 6.45) is 2.91. The maximum absolute atomic E-state index is 13.2. The first-order chi connectivity index (χ1) is 20.4. The first kappa shape index (κ1) is 33.7. The van der Waals surface area contributed by atoms with E-state index in [0.717, 1.165) is 4.90 Å². The lowest BCUT2D eigenvalue weighted by Crippen LogP contribution is -2.53. The highest BCUT2D eigenvalue weighted by molar-refractivity contribution is 6.04. The highest BCUT2D eigenvalue weighted by atomic mass is 16.6. The zero-order valence-electron chi connectivity index (χ0n) is 24.3. The Balaban J connectivity index is 2.32. The number of hydrogen-bond acceptors (Lipinski definition) is 9. The molecule has 0 aliphatic rings. The second kappa shape index (κ2) is 16.1. The number of carbonyl (C=O) groups excluding carboxylic acids is 4. The molecule has 0 saturated carbocycles. The minimum Gasteiger partial charge on any atom is -0.478 e. The summed E-state index contributed by atoms with van der Waals surface area (Å²) in [4.78, 5) is 63.4. The molecule has 228 valence electrons. The third-order valence-electron chi connectivity index (χ3n) is 5.63. The van der Waals surface area contributed by atoms with Crippen LogP contribution in [0.5, 0.6) is 5.75 Å². The Morgan fingerprint density at radius 2 is 1.49 bits per heavy atom. The maximum atomic E-state index is 13.2. The first-order valence-electron chi connectivity index (χ1n) is 13.1. The van der Waals surface area contributed by atoms with Gasteiger partial charge in [-0.05, 0) is 68.8 Å². The van der Waals surface area contributed by atoms with E-state index < -0.39 is 36.0 Å². The number of nitrogens with zero attached hydrogens (tertiary/aromatic N) is 3. The number of amidine groups is 1. The zero-order valence-corrected chi connectivity index (χ0v) is 24.3. The van der Waals surface area contributed by atoms with Gasteiger partial charge in [0.05, 0.1) is 18.8 Å². The summed E-state index contributed by atoms with van der Waals surface area (Å²) in [6, 6.07) is 9.26. The lowest BCUT2D eigenvalue weighted by molar-refractivity contribution is -0.162. The number of likely N-dealkylation sites (N-methyl/N-ethyl adjacent to an activating group) is 1. The number of ether oxygens (including phenoxy) is 3. The molecule has 43 heavy (non-hydrogen) atoms. The van der Waals surface area contributed by atoms with E-state index in [4.69, 9.17) is 25.1 Å². The Morgan fingerprint density at radius 1 is 0.953 bits per heavy atom. The largest absolute Gasteiger partial charge is 0.478 e. The minimum atomic E-state index is -1.87. The normalized spacial score (nSPS) is 11.4. The molecule has 0 radical (unpaired) electrons. The van der Waals surface area contributed by atoms with E-state index in [1.165, 1.54) is 76.4 Å². The number of amides is 2. The lowest BCUT2D eigenvalue weighted by atomic mass is 10.1. The van der Waals surface area contributed by atoms with Gasteiger partial charge in [0.25, 0.3) is 6.04 Å². The van der Waals surface area contributed by atoms with Gasteiger partial charge in [-0.25, -0.2) is 24.0 Å². The molecule has 0 aliphatic carbocycles. The fourth-order valence-corrected chi connectivity index (χ4v) is 3.46. The van der Waals surface area contributed by atoms with Gasteiger partial charge in [-0.3, -0.25) is 0 Å². The molecule has 0 atom stereocenters. The number of aliphatic carboxylic acids is 1. The fourth-order valence-electron chi connectivity index (χ4n) is 3.46. The molecule has 0 aromatic heterocycles. The zero-order chi connectivity index (χ0) is 32.1. The van der Waals surface area contributed by atoms with Crippen molar-refractivity contribution in [1.29, 1.82) is 0 Å². The molecule has 0 saturated heterocycles. The Labute approximate surface area is 248 Å². The fraction of sp³-hybridized carbons (Fsp3) is 0.267. The summed E-state index contributed by atoms with van der Waals surface area (Å²) < 4.78 is 15.4. The number of carboxylic acids is 1. The molecule has 2 aromatic rings. The van der Waals surface area contributed by atoms with Crippen molar-refractivity contribution >= 4 is 41.8 Å². The molecular formula is C30H34N4O9. The Bertz CT molecular complexity index is 1380. The van der Waals surface area contributed by atoms with Crippen LogP contribution >= 0.6 is 0 Å². The van der Waals surface area contributed by atoms with E-state index in [9.17, 15) is 24.0 Å². The van der Waals surface area contributed by atoms with Crippen LogP contribution in [0.15, 0.2) is 71.9 Å². The Kier molecular flexibility index (Phi) is 12.6. The van der Waals surface area contributed by atoms with Crippen molar-refractivity contribution in [3.63, 3.8) is 0 Å². The van der Waals surface area contributed by atoms with Gasteiger partial charge in [-0.2, -0.15) is 5.01 Å². The van der Waals surface area contributed by atoms with Crippen LogP contribution in [-0.4, -0.2) is 83.6 Å². The van der Waals surface area contributed by atoms with Crippen LogP contribution in [0.4, 0.5) is 4.79 Å². The van der Waals surface area contributed by atoms with Gasteiger partial charge in [-0.1, -0.05) is 18.2 Å². The number of hydrogen-bond donors (Lipinski definition) is 2. The van der Waals surface area contributed by atoms with Crippen LogP contribution in [-0.2, 0) is 23.9 Å². The molecule has 2 amide bonds.